The van der Waals surface area contributed by atoms with Crippen LogP contribution in [0.3, 0.4) is 0 Å². The van der Waals surface area contributed by atoms with E-state index < -0.39 is 0 Å². The zero-order chi connectivity index (χ0) is 26.6. The fraction of sp³-hybridized carbons (Fsp3) is 0.321. The second-order valence-electron chi connectivity index (χ2n) is 9.63. The third-order valence-electron chi connectivity index (χ3n) is 6.45. The van der Waals surface area contributed by atoms with Crippen LogP contribution in [0.5, 0.6) is 5.75 Å². The molecule has 9 nitrogen and oxygen atoms in total. The molecular formula is C28H33N7O2S. The lowest BCUT2D eigenvalue weighted by atomic mass is 10.1. The first-order chi connectivity index (χ1) is 18.4. The lowest BCUT2D eigenvalue weighted by Crippen LogP contribution is -2.44. The van der Waals surface area contributed by atoms with E-state index in [1.165, 1.54) is 0 Å². The highest BCUT2D eigenvalue weighted by Gasteiger charge is 2.18. The standard InChI is InChI=1S/C28H33N7O2S/c1-18(2)29-27(36)20-7-5-6-8-21(20)30-26-25-23(11-16-38-25)32-28(33-26)31-22-10-9-19(17-24(22)37-4)35-14-12-34(3)13-15-35/h5-11,16-18H,12-15H2,1-4H3,(H,29,36)(H2,30,31,32,33). The minimum absolute atomic E-state index is 0.0343. The Balaban J connectivity index is 1.43. The predicted molar refractivity (Wildman–Crippen MR) is 156 cm³/mol. The Morgan fingerprint density at radius 1 is 1.00 bits per heavy atom. The monoisotopic (exact) mass is 531 g/mol. The molecule has 5 rings (SSSR count). The van der Waals surface area contributed by atoms with Crippen LogP contribution in [0.2, 0.25) is 0 Å². The number of hydrogen-bond acceptors (Lipinski definition) is 9. The molecule has 1 aliphatic heterocycles. The van der Waals surface area contributed by atoms with Gasteiger partial charge in [-0.15, -0.1) is 11.3 Å². The number of nitrogens with one attached hydrogen (secondary N) is 3. The van der Waals surface area contributed by atoms with Crippen LogP contribution in [0.25, 0.3) is 10.2 Å². The molecule has 0 aliphatic carbocycles. The average molecular weight is 532 g/mol. The average Bonchev–Trinajstić information content (AvgIpc) is 3.38. The molecule has 0 spiro atoms. The zero-order valence-corrected chi connectivity index (χ0v) is 22.9. The molecule has 0 bridgehead atoms. The first-order valence-corrected chi connectivity index (χ1v) is 13.6. The number of anilines is 5. The number of amides is 1. The molecule has 1 amide bonds. The van der Waals surface area contributed by atoms with Crippen LogP contribution in [-0.2, 0) is 0 Å². The van der Waals surface area contributed by atoms with Gasteiger partial charge in [-0.25, -0.2) is 4.98 Å². The van der Waals surface area contributed by atoms with Gasteiger partial charge in [-0.2, -0.15) is 4.98 Å². The lowest BCUT2D eigenvalue weighted by molar-refractivity contribution is 0.0944. The number of fused-ring (bicyclic) bond motifs is 1. The molecule has 0 saturated carbocycles. The summed E-state index contributed by atoms with van der Waals surface area (Å²) in [6.45, 7) is 7.92. The molecule has 1 saturated heterocycles. The first kappa shape index (κ1) is 25.7. The van der Waals surface area contributed by atoms with Gasteiger partial charge >= 0.3 is 0 Å². The van der Waals surface area contributed by atoms with Gasteiger partial charge in [-0.1, -0.05) is 12.1 Å². The van der Waals surface area contributed by atoms with E-state index in [-0.39, 0.29) is 11.9 Å². The Bertz CT molecular complexity index is 1430. The van der Waals surface area contributed by atoms with Gasteiger partial charge in [0.05, 0.1) is 34.3 Å². The number of methoxy groups -OCH3 is 1. The molecule has 38 heavy (non-hydrogen) atoms. The second kappa shape index (κ2) is 11.2. The van der Waals surface area contributed by atoms with Crippen molar-refractivity contribution in [3.05, 3.63) is 59.5 Å². The summed E-state index contributed by atoms with van der Waals surface area (Å²) in [5.74, 6) is 1.65. The van der Waals surface area contributed by atoms with Crippen LogP contribution in [0, 0.1) is 0 Å². The van der Waals surface area contributed by atoms with Gasteiger partial charge in [0.15, 0.2) is 5.82 Å². The highest BCUT2D eigenvalue weighted by Crippen LogP contribution is 2.35. The number of para-hydroxylation sites is 1. The van der Waals surface area contributed by atoms with Gasteiger partial charge in [0, 0.05) is 44.0 Å². The highest BCUT2D eigenvalue weighted by atomic mass is 32.1. The number of carbonyl (C=O) groups is 1. The molecule has 0 atom stereocenters. The number of rotatable bonds is 8. The van der Waals surface area contributed by atoms with Gasteiger partial charge in [0.2, 0.25) is 5.95 Å². The summed E-state index contributed by atoms with van der Waals surface area (Å²) in [6, 6.07) is 15.6. The summed E-state index contributed by atoms with van der Waals surface area (Å²) < 4.78 is 6.64. The van der Waals surface area contributed by atoms with Crippen molar-refractivity contribution in [1.29, 1.82) is 0 Å². The normalized spacial score (nSPS) is 14.1. The summed E-state index contributed by atoms with van der Waals surface area (Å²) in [5, 5.41) is 11.7. The molecule has 10 heteroatoms. The maximum atomic E-state index is 12.8. The highest BCUT2D eigenvalue weighted by molar-refractivity contribution is 7.17. The van der Waals surface area contributed by atoms with Crippen LogP contribution in [0.4, 0.5) is 28.8 Å². The topological polar surface area (TPSA) is 94.7 Å². The number of carbonyl (C=O) groups excluding carboxylic acids is 1. The number of hydrogen-bond donors (Lipinski definition) is 3. The van der Waals surface area contributed by atoms with Gasteiger partial charge in [0.1, 0.15) is 5.75 Å². The van der Waals surface area contributed by atoms with Crippen LogP contribution in [0.15, 0.2) is 53.9 Å². The van der Waals surface area contributed by atoms with Crippen molar-refractivity contribution < 1.29 is 9.53 Å². The molecule has 3 heterocycles. The van der Waals surface area contributed by atoms with Gasteiger partial charge in [-0.3, -0.25) is 4.79 Å². The Hall–Kier alpha value is -3.89. The Morgan fingerprint density at radius 2 is 1.79 bits per heavy atom. The third-order valence-corrected chi connectivity index (χ3v) is 7.36. The van der Waals surface area contributed by atoms with Crippen molar-refractivity contribution in [2.45, 2.75) is 19.9 Å². The van der Waals surface area contributed by atoms with E-state index in [4.69, 9.17) is 14.7 Å². The lowest BCUT2D eigenvalue weighted by Gasteiger charge is -2.34. The van der Waals surface area contributed by atoms with Crippen molar-refractivity contribution in [2.75, 3.05) is 55.9 Å². The van der Waals surface area contributed by atoms with Crippen molar-refractivity contribution in [3.63, 3.8) is 0 Å². The van der Waals surface area contributed by atoms with Gasteiger partial charge in [0.25, 0.3) is 5.91 Å². The number of likely N-dealkylation sites (N-methyl/N-ethyl adjacent to an activating group) is 1. The minimum atomic E-state index is -0.136. The third kappa shape index (κ3) is 5.66. The Labute approximate surface area is 226 Å². The Morgan fingerprint density at radius 3 is 2.55 bits per heavy atom. The van der Waals surface area contributed by atoms with Crippen molar-refractivity contribution >= 4 is 56.3 Å². The van der Waals surface area contributed by atoms with E-state index in [9.17, 15) is 4.79 Å². The van der Waals surface area contributed by atoms with Crippen LogP contribution >= 0.6 is 11.3 Å². The summed E-state index contributed by atoms with van der Waals surface area (Å²) in [4.78, 5) is 27.0. The van der Waals surface area contributed by atoms with Crippen molar-refractivity contribution in [3.8, 4) is 5.75 Å². The number of aromatic nitrogens is 2. The molecule has 198 valence electrons. The molecule has 0 radical (unpaired) electrons. The fourth-order valence-corrected chi connectivity index (χ4v) is 5.20. The fourth-order valence-electron chi connectivity index (χ4n) is 4.43. The zero-order valence-electron chi connectivity index (χ0n) is 22.1. The largest absolute Gasteiger partial charge is 0.494 e. The number of ether oxygens (including phenoxy) is 1. The maximum Gasteiger partial charge on any atom is 0.253 e. The van der Waals surface area contributed by atoms with E-state index in [1.54, 1.807) is 24.5 Å². The quantitative estimate of drug-likeness (QED) is 0.290. The van der Waals surface area contributed by atoms with Crippen molar-refractivity contribution in [2.24, 2.45) is 0 Å². The van der Waals surface area contributed by atoms with Crippen LogP contribution < -0.4 is 25.6 Å². The molecule has 3 N–H and O–H groups in total. The van der Waals surface area contributed by atoms with Crippen LogP contribution in [-0.4, -0.2) is 67.2 Å². The SMILES string of the molecule is COc1cc(N2CCN(C)CC2)ccc1Nc1nc(Nc2ccccc2C(=O)NC(C)C)c2sccc2n1. The Kier molecular flexibility index (Phi) is 7.62. The van der Waals surface area contributed by atoms with E-state index in [2.05, 4.69) is 44.9 Å². The molecule has 1 aliphatic rings. The predicted octanol–water partition coefficient (Wildman–Crippen LogP) is 5.08. The molecule has 2 aromatic heterocycles. The first-order valence-electron chi connectivity index (χ1n) is 12.7. The van der Waals surface area contributed by atoms with Crippen molar-refractivity contribution in [1.82, 2.24) is 20.2 Å². The molecule has 2 aromatic carbocycles. The summed E-state index contributed by atoms with van der Waals surface area (Å²) in [5.41, 5.74) is 3.96. The minimum Gasteiger partial charge on any atom is -0.494 e. The molecule has 1 fully saturated rings. The molecule has 4 aromatic rings. The maximum absolute atomic E-state index is 12.8. The van der Waals surface area contributed by atoms with Gasteiger partial charge in [-0.05, 0) is 56.6 Å². The van der Waals surface area contributed by atoms with E-state index in [0.29, 0.717) is 23.0 Å². The summed E-state index contributed by atoms with van der Waals surface area (Å²) in [6.07, 6.45) is 0. The number of thiophene rings is 1. The summed E-state index contributed by atoms with van der Waals surface area (Å²) in [7, 11) is 3.82. The van der Waals surface area contributed by atoms with E-state index in [0.717, 1.165) is 53.5 Å². The van der Waals surface area contributed by atoms with E-state index in [1.807, 2.05) is 49.6 Å². The molecule has 0 unspecified atom stereocenters. The number of nitrogens with zero attached hydrogens (tertiary/aromatic N) is 4. The van der Waals surface area contributed by atoms with Crippen LogP contribution in [0.1, 0.15) is 24.2 Å². The smallest absolute Gasteiger partial charge is 0.253 e. The summed E-state index contributed by atoms with van der Waals surface area (Å²) >= 11 is 1.55. The molecular weight excluding hydrogens is 498 g/mol. The number of benzene rings is 2. The second-order valence-corrected chi connectivity index (χ2v) is 10.5. The van der Waals surface area contributed by atoms with Gasteiger partial charge < -0.3 is 30.5 Å². The van der Waals surface area contributed by atoms with E-state index >= 15 is 0 Å². The number of piperazine rings is 1.